The molecule has 1 N–H and O–H groups in total. The van der Waals surface area contributed by atoms with E-state index in [1.165, 1.54) is 31.2 Å². The van der Waals surface area contributed by atoms with Gasteiger partial charge in [0.2, 0.25) is 0 Å². The predicted molar refractivity (Wildman–Crippen MR) is 88.2 cm³/mol. The lowest BCUT2D eigenvalue weighted by atomic mass is 9.76. The summed E-state index contributed by atoms with van der Waals surface area (Å²) in [6.45, 7) is 4.77. The van der Waals surface area contributed by atoms with E-state index in [9.17, 15) is 0 Å². The van der Waals surface area contributed by atoms with Crippen molar-refractivity contribution in [3.8, 4) is 0 Å². The van der Waals surface area contributed by atoms with Gasteiger partial charge in [-0.3, -0.25) is 4.99 Å². The van der Waals surface area contributed by atoms with Crippen LogP contribution < -0.4 is 5.32 Å². The Balaban J connectivity index is 1.57. The SMILES string of the molecule is CC1(C)CCC(NC2=NC(c3ccccc3)CS2)CC1. The molecule has 20 heavy (non-hydrogen) atoms. The fourth-order valence-electron chi connectivity index (χ4n) is 3.02. The van der Waals surface area contributed by atoms with Gasteiger partial charge in [-0.05, 0) is 36.7 Å². The van der Waals surface area contributed by atoms with Crippen LogP contribution in [0.1, 0.15) is 51.1 Å². The zero-order valence-electron chi connectivity index (χ0n) is 12.4. The minimum Gasteiger partial charge on any atom is -0.362 e. The first-order valence-electron chi connectivity index (χ1n) is 7.64. The van der Waals surface area contributed by atoms with Gasteiger partial charge >= 0.3 is 0 Å². The van der Waals surface area contributed by atoms with Gasteiger partial charge in [0, 0.05) is 11.8 Å². The summed E-state index contributed by atoms with van der Waals surface area (Å²) in [7, 11) is 0. The van der Waals surface area contributed by atoms with Gasteiger partial charge in [-0.15, -0.1) is 0 Å². The molecule has 3 heteroatoms. The molecular weight excluding hydrogens is 264 g/mol. The molecule has 0 radical (unpaired) electrons. The molecule has 1 atom stereocenters. The van der Waals surface area contributed by atoms with Crippen molar-refractivity contribution in [2.75, 3.05) is 5.75 Å². The lowest BCUT2D eigenvalue weighted by Crippen LogP contribution is -2.37. The fourth-order valence-corrected chi connectivity index (χ4v) is 4.05. The van der Waals surface area contributed by atoms with Crippen LogP contribution in [0, 0.1) is 5.41 Å². The second kappa shape index (κ2) is 5.80. The van der Waals surface area contributed by atoms with E-state index in [-0.39, 0.29) is 0 Å². The third-order valence-corrected chi connectivity index (χ3v) is 5.48. The number of aliphatic imine (C=N–C) groups is 1. The van der Waals surface area contributed by atoms with Crippen LogP contribution in [0.15, 0.2) is 35.3 Å². The fraction of sp³-hybridized carbons (Fsp3) is 0.588. The molecule has 2 nitrogen and oxygen atoms in total. The smallest absolute Gasteiger partial charge is 0.157 e. The van der Waals surface area contributed by atoms with E-state index in [4.69, 9.17) is 4.99 Å². The van der Waals surface area contributed by atoms with E-state index in [0.717, 1.165) is 10.9 Å². The van der Waals surface area contributed by atoms with Gasteiger partial charge < -0.3 is 5.32 Å². The maximum absolute atomic E-state index is 4.86. The lowest BCUT2D eigenvalue weighted by molar-refractivity contribution is 0.217. The number of benzene rings is 1. The Hall–Kier alpha value is -0.960. The minimum absolute atomic E-state index is 0.337. The molecule has 0 amide bonds. The molecule has 1 heterocycles. The summed E-state index contributed by atoms with van der Waals surface area (Å²) in [6.07, 6.45) is 5.21. The van der Waals surface area contributed by atoms with Crippen molar-refractivity contribution >= 4 is 16.9 Å². The molecule has 0 spiro atoms. The molecule has 108 valence electrons. The number of amidine groups is 1. The first-order chi connectivity index (χ1) is 9.62. The number of rotatable bonds is 2. The summed E-state index contributed by atoms with van der Waals surface area (Å²) >= 11 is 1.88. The largest absolute Gasteiger partial charge is 0.362 e. The highest BCUT2D eigenvalue weighted by Crippen LogP contribution is 2.36. The Morgan fingerprint density at radius 2 is 1.85 bits per heavy atom. The van der Waals surface area contributed by atoms with E-state index in [2.05, 4.69) is 49.5 Å². The molecule has 0 aromatic heterocycles. The van der Waals surface area contributed by atoms with Crippen molar-refractivity contribution in [1.29, 1.82) is 0 Å². The highest BCUT2D eigenvalue weighted by atomic mass is 32.2. The lowest BCUT2D eigenvalue weighted by Gasteiger charge is -2.34. The first-order valence-corrected chi connectivity index (χ1v) is 8.63. The standard InChI is InChI=1S/C17H24N2S/c1-17(2)10-8-14(9-11-17)18-16-19-15(12-20-16)13-6-4-3-5-7-13/h3-7,14-15H,8-12H2,1-2H3,(H,18,19). The monoisotopic (exact) mass is 288 g/mol. The highest BCUT2D eigenvalue weighted by Gasteiger charge is 2.28. The zero-order valence-corrected chi connectivity index (χ0v) is 13.2. The Morgan fingerprint density at radius 1 is 1.15 bits per heavy atom. The van der Waals surface area contributed by atoms with Crippen molar-refractivity contribution in [1.82, 2.24) is 5.32 Å². The van der Waals surface area contributed by atoms with E-state index in [1.807, 2.05) is 11.8 Å². The molecule has 3 rings (SSSR count). The zero-order chi connectivity index (χ0) is 14.0. The maximum atomic E-state index is 4.86. The molecular formula is C17H24N2S. The molecule has 1 fully saturated rings. The molecule has 0 saturated heterocycles. The quantitative estimate of drug-likeness (QED) is 0.873. The summed E-state index contributed by atoms with van der Waals surface area (Å²) in [5.41, 5.74) is 1.87. The molecule has 1 saturated carbocycles. The molecule has 1 aliphatic carbocycles. The maximum Gasteiger partial charge on any atom is 0.157 e. The molecule has 1 aromatic carbocycles. The highest BCUT2D eigenvalue weighted by molar-refractivity contribution is 8.14. The Labute approximate surface area is 126 Å². The molecule has 1 unspecified atom stereocenters. The summed E-state index contributed by atoms with van der Waals surface area (Å²) in [6, 6.07) is 11.6. The van der Waals surface area contributed by atoms with E-state index < -0.39 is 0 Å². The van der Waals surface area contributed by atoms with Crippen molar-refractivity contribution in [3.05, 3.63) is 35.9 Å². The average molecular weight is 288 g/mol. The van der Waals surface area contributed by atoms with Gasteiger partial charge in [0.25, 0.3) is 0 Å². The first kappa shape index (κ1) is 14.0. The average Bonchev–Trinajstić information content (AvgIpc) is 2.91. The second-order valence-corrected chi connectivity index (χ2v) is 7.76. The van der Waals surface area contributed by atoms with E-state index >= 15 is 0 Å². The van der Waals surface area contributed by atoms with Crippen molar-refractivity contribution in [3.63, 3.8) is 0 Å². The second-order valence-electron chi connectivity index (χ2n) is 6.75. The number of nitrogens with one attached hydrogen (secondary N) is 1. The van der Waals surface area contributed by atoms with E-state index in [1.54, 1.807) is 0 Å². The van der Waals surface area contributed by atoms with Gasteiger partial charge in [0.15, 0.2) is 5.17 Å². The number of nitrogens with zero attached hydrogens (tertiary/aromatic N) is 1. The van der Waals surface area contributed by atoms with Gasteiger partial charge in [-0.25, -0.2) is 0 Å². The number of hydrogen-bond acceptors (Lipinski definition) is 3. The predicted octanol–water partition coefficient (Wildman–Crippen LogP) is 4.39. The van der Waals surface area contributed by atoms with Crippen LogP contribution >= 0.6 is 11.8 Å². The van der Waals surface area contributed by atoms with E-state index in [0.29, 0.717) is 17.5 Å². The van der Waals surface area contributed by atoms with Gasteiger partial charge in [-0.1, -0.05) is 55.9 Å². The summed E-state index contributed by atoms with van der Waals surface area (Å²) in [4.78, 5) is 4.86. The Morgan fingerprint density at radius 3 is 2.55 bits per heavy atom. The van der Waals surface area contributed by atoms with Crippen LogP contribution in [0.3, 0.4) is 0 Å². The number of hydrogen-bond donors (Lipinski definition) is 1. The van der Waals surface area contributed by atoms with Crippen LogP contribution in [0.4, 0.5) is 0 Å². The summed E-state index contributed by atoms with van der Waals surface area (Å²) in [5, 5.41) is 4.82. The van der Waals surface area contributed by atoms with Crippen molar-refractivity contribution in [2.45, 2.75) is 51.6 Å². The van der Waals surface area contributed by atoms with Gasteiger partial charge in [0.1, 0.15) is 0 Å². The van der Waals surface area contributed by atoms with Crippen LogP contribution in [0.25, 0.3) is 0 Å². The minimum atomic E-state index is 0.337. The summed E-state index contributed by atoms with van der Waals surface area (Å²) < 4.78 is 0. The third-order valence-electron chi connectivity index (χ3n) is 4.50. The van der Waals surface area contributed by atoms with Crippen molar-refractivity contribution in [2.24, 2.45) is 10.4 Å². The topological polar surface area (TPSA) is 24.4 Å². The summed E-state index contributed by atoms with van der Waals surface area (Å²) in [5.74, 6) is 1.07. The van der Waals surface area contributed by atoms with Gasteiger partial charge in [-0.2, -0.15) is 0 Å². The van der Waals surface area contributed by atoms with Crippen molar-refractivity contribution < 1.29 is 0 Å². The molecule has 1 aromatic rings. The molecule has 2 aliphatic rings. The van der Waals surface area contributed by atoms with Gasteiger partial charge in [0.05, 0.1) is 6.04 Å². The van der Waals surface area contributed by atoms with Crippen LogP contribution in [-0.2, 0) is 0 Å². The Bertz CT molecular complexity index is 471. The van der Waals surface area contributed by atoms with Crippen LogP contribution in [-0.4, -0.2) is 17.0 Å². The van der Waals surface area contributed by atoms with Crippen LogP contribution in [0.5, 0.6) is 0 Å². The number of thioether (sulfide) groups is 1. The molecule has 0 bridgehead atoms. The molecule has 1 aliphatic heterocycles. The third kappa shape index (κ3) is 3.38. The Kier molecular flexibility index (Phi) is 4.06. The normalized spacial score (nSPS) is 26.3. The van der Waals surface area contributed by atoms with Crippen LogP contribution in [0.2, 0.25) is 0 Å².